The lowest BCUT2D eigenvalue weighted by Gasteiger charge is -2.20. The van der Waals surface area contributed by atoms with Crippen LogP contribution < -0.4 is 16.4 Å². The van der Waals surface area contributed by atoms with Crippen molar-refractivity contribution in [3.8, 4) is 0 Å². The van der Waals surface area contributed by atoms with Crippen molar-refractivity contribution in [3.63, 3.8) is 0 Å². The average Bonchev–Trinajstić information content (AvgIpc) is 3.01. The summed E-state index contributed by atoms with van der Waals surface area (Å²) in [4.78, 5) is 23.7. The van der Waals surface area contributed by atoms with Crippen LogP contribution in [0.2, 0.25) is 0 Å². The summed E-state index contributed by atoms with van der Waals surface area (Å²) in [5.74, 6) is 0.544. The molecule has 1 heterocycles. The van der Waals surface area contributed by atoms with E-state index in [9.17, 15) is 9.59 Å². The van der Waals surface area contributed by atoms with Crippen molar-refractivity contribution in [2.45, 2.75) is 63.6 Å². The van der Waals surface area contributed by atoms with E-state index < -0.39 is 0 Å². The van der Waals surface area contributed by atoms with Gasteiger partial charge >= 0.3 is 0 Å². The van der Waals surface area contributed by atoms with Gasteiger partial charge < -0.3 is 21.1 Å². The summed E-state index contributed by atoms with van der Waals surface area (Å²) in [5, 5.41) is 5.69. The number of hydrogen-bond donors (Lipinski definition) is 3. The van der Waals surface area contributed by atoms with E-state index in [-0.39, 0.29) is 36.4 Å². The highest BCUT2D eigenvalue weighted by molar-refractivity contribution is 5.85. The highest BCUT2D eigenvalue weighted by Gasteiger charge is 2.29. The van der Waals surface area contributed by atoms with Crippen molar-refractivity contribution in [2.24, 2.45) is 11.7 Å². The summed E-state index contributed by atoms with van der Waals surface area (Å²) in [6, 6.07) is 0. The number of carbonyl (C=O) groups excluding carboxylic acids is 2. The Morgan fingerprint density at radius 1 is 1.00 bits per heavy atom. The Morgan fingerprint density at radius 2 is 1.70 bits per heavy atom. The zero-order valence-corrected chi connectivity index (χ0v) is 14.5. The SMILES string of the molecule is Cl.NC[C@H]1CC[C@@H](C(=O)NCCNC(=O)CC2CCCCC2)O1. The maximum absolute atomic E-state index is 11.9. The molecule has 2 fully saturated rings. The van der Waals surface area contributed by atoms with Gasteiger partial charge in [-0.3, -0.25) is 9.59 Å². The molecule has 2 amide bonds. The van der Waals surface area contributed by atoms with Gasteiger partial charge in [0.15, 0.2) is 0 Å². The number of carbonyl (C=O) groups is 2. The molecule has 23 heavy (non-hydrogen) atoms. The summed E-state index contributed by atoms with van der Waals surface area (Å²) >= 11 is 0. The third-order valence-corrected chi connectivity index (χ3v) is 4.61. The molecular formula is C16H30ClN3O3. The van der Waals surface area contributed by atoms with Gasteiger partial charge in [0.1, 0.15) is 6.10 Å². The maximum Gasteiger partial charge on any atom is 0.249 e. The molecule has 1 aliphatic heterocycles. The third-order valence-electron chi connectivity index (χ3n) is 4.61. The Bertz CT molecular complexity index is 376. The lowest BCUT2D eigenvalue weighted by molar-refractivity contribution is -0.132. The fraction of sp³-hybridized carbons (Fsp3) is 0.875. The van der Waals surface area contributed by atoms with E-state index in [0.29, 0.717) is 32.0 Å². The van der Waals surface area contributed by atoms with Crippen molar-refractivity contribution < 1.29 is 14.3 Å². The molecule has 0 bridgehead atoms. The predicted octanol–water partition coefficient (Wildman–Crippen LogP) is 1.12. The summed E-state index contributed by atoms with van der Waals surface area (Å²) in [6.45, 7) is 1.38. The van der Waals surface area contributed by atoms with Crippen LogP contribution in [0.15, 0.2) is 0 Å². The van der Waals surface area contributed by atoms with Crippen molar-refractivity contribution >= 4 is 24.2 Å². The predicted molar refractivity (Wildman–Crippen MR) is 91.4 cm³/mol. The zero-order valence-electron chi connectivity index (χ0n) is 13.7. The number of hydrogen-bond acceptors (Lipinski definition) is 4. The van der Waals surface area contributed by atoms with Crippen LogP contribution >= 0.6 is 12.4 Å². The van der Waals surface area contributed by atoms with Gasteiger partial charge in [0.2, 0.25) is 11.8 Å². The minimum atomic E-state index is -0.383. The standard InChI is InChI=1S/C16H29N3O3.ClH/c17-11-13-6-7-14(22-13)16(21)19-9-8-18-15(20)10-12-4-2-1-3-5-12;/h12-14H,1-11,17H2,(H,18,20)(H,19,21);1H/t13-,14+;/m1./s1. The van der Waals surface area contributed by atoms with E-state index in [0.717, 1.165) is 12.8 Å². The van der Waals surface area contributed by atoms with E-state index in [4.69, 9.17) is 10.5 Å². The molecule has 2 rings (SSSR count). The lowest BCUT2D eigenvalue weighted by atomic mass is 9.87. The zero-order chi connectivity index (χ0) is 15.8. The first-order chi connectivity index (χ1) is 10.7. The second-order valence-electron chi connectivity index (χ2n) is 6.41. The van der Waals surface area contributed by atoms with Gasteiger partial charge in [-0.25, -0.2) is 0 Å². The third kappa shape index (κ3) is 7.06. The molecule has 6 nitrogen and oxygen atoms in total. The van der Waals surface area contributed by atoms with Crippen LogP contribution in [-0.2, 0) is 14.3 Å². The molecule has 0 aromatic carbocycles. The molecule has 1 saturated heterocycles. The fourth-order valence-corrected chi connectivity index (χ4v) is 3.30. The van der Waals surface area contributed by atoms with Crippen LogP contribution in [0, 0.1) is 5.92 Å². The van der Waals surface area contributed by atoms with Crippen molar-refractivity contribution in [3.05, 3.63) is 0 Å². The van der Waals surface area contributed by atoms with Crippen molar-refractivity contribution in [1.82, 2.24) is 10.6 Å². The van der Waals surface area contributed by atoms with Crippen LogP contribution in [0.25, 0.3) is 0 Å². The molecule has 2 atom stereocenters. The van der Waals surface area contributed by atoms with Crippen LogP contribution in [0.3, 0.4) is 0 Å². The number of nitrogens with one attached hydrogen (secondary N) is 2. The van der Waals surface area contributed by atoms with E-state index in [1.54, 1.807) is 0 Å². The normalized spacial score (nSPS) is 24.7. The first kappa shape index (κ1) is 20.2. The number of amides is 2. The van der Waals surface area contributed by atoms with E-state index in [2.05, 4.69) is 10.6 Å². The van der Waals surface area contributed by atoms with Crippen molar-refractivity contribution in [1.29, 1.82) is 0 Å². The largest absolute Gasteiger partial charge is 0.364 e. The van der Waals surface area contributed by atoms with E-state index in [1.165, 1.54) is 32.1 Å². The van der Waals surface area contributed by atoms with Gasteiger partial charge in [0, 0.05) is 26.1 Å². The molecule has 0 unspecified atom stereocenters. The Hall–Kier alpha value is -0.850. The maximum atomic E-state index is 11.9. The molecule has 1 saturated carbocycles. The Kier molecular flexibility index (Phi) is 9.52. The molecule has 2 aliphatic rings. The van der Waals surface area contributed by atoms with E-state index in [1.807, 2.05) is 0 Å². The quantitative estimate of drug-likeness (QED) is 0.601. The van der Waals surface area contributed by atoms with Crippen molar-refractivity contribution in [2.75, 3.05) is 19.6 Å². The molecule has 7 heteroatoms. The van der Waals surface area contributed by atoms with Gasteiger partial charge in [-0.2, -0.15) is 0 Å². The monoisotopic (exact) mass is 347 g/mol. The highest BCUT2D eigenvalue weighted by Crippen LogP contribution is 2.25. The number of ether oxygens (including phenoxy) is 1. The average molecular weight is 348 g/mol. The van der Waals surface area contributed by atoms with E-state index >= 15 is 0 Å². The molecule has 0 spiro atoms. The Balaban J connectivity index is 0.00000264. The summed E-state index contributed by atoms with van der Waals surface area (Å²) < 4.78 is 5.53. The van der Waals surface area contributed by atoms with Gasteiger partial charge in [0.05, 0.1) is 6.10 Å². The molecular weight excluding hydrogens is 318 g/mol. The minimum absolute atomic E-state index is 0. The van der Waals surface area contributed by atoms with Crippen LogP contribution in [0.5, 0.6) is 0 Å². The summed E-state index contributed by atoms with van der Waals surface area (Å²) in [5.41, 5.74) is 5.52. The van der Waals surface area contributed by atoms with Gasteiger partial charge in [-0.05, 0) is 31.6 Å². The first-order valence-electron chi connectivity index (χ1n) is 8.59. The second kappa shape index (κ2) is 10.8. The Labute approximate surface area is 144 Å². The van der Waals surface area contributed by atoms with Gasteiger partial charge in [-0.15, -0.1) is 12.4 Å². The highest BCUT2D eigenvalue weighted by atomic mass is 35.5. The lowest BCUT2D eigenvalue weighted by Crippen LogP contribution is -2.40. The van der Waals surface area contributed by atoms with Gasteiger partial charge in [-0.1, -0.05) is 19.3 Å². The van der Waals surface area contributed by atoms with Gasteiger partial charge in [0.25, 0.3) is 0 Å². The fourth-order valence-electron chi connectivity index (χ4n) is 3.30. The summed E-state index contributed by atoms with van der Waals surface area (Å²) in [6.07, 6.45) is 7.96. The molecule has 0 aromatic heterocycles. The molecule has 134 valence electrons. The molecule has 0 radical (unpaired) electrons. The number of rotatable bonds is 7. The smallest absolute Gasteiger partial charge is 0.249 e. The number of nitrogens with two attached hydrogens (primary N) is 1. The number of halogens is 1. The van der Waals surface area contributed by atoms with Crippen LogP contribution in [-0.4, -0.2) is 43.7 Å². The molecule has 1 aliphatic carbocycles. The molecule has 4 N–H and O–H groups in total. The first-order valence-corrected chi connectivity index (χ1v) is 8.59. The topological polar surface area (TPSA) is 93.5 Å². The second-order valence-corrected chi connectivity index (χ2v) is 6.41. The van der Waals surface area contributed by atoms with Crippen LogP contribution in [0.1, 0.15) is 51.4 Å². The van der Waals surface area contributed by atoms with Crippen LogP contribution in [0.4, 0.5) is 0 Å². The minimum Gasteiger partial charge on any atom is -0.364 e. The molecule has 0 aromatic rings. The Morgan fingerprint density at radius 3 is 2.35 bits per heavy atom. The summed E-state index contributed by atoms with van der Waals surface area (Å²) in [7, 11) is 0.